The van der Waals surface area contributed by atoms with E-state index in [9.17, 15) is 4.39 Å². The molecule has 1 heterocycles. The van der Waals surface area contributed by atoms with Gasteiger partial charge in [-0.15, -0.1) is 0 Å². The average molecular weight is 299 g/mol. The van der Waals surface area contributed by atoms with E-state index in [1.807, 2.05) is 43.5 Å². The zero-order chi connectivity index (χ0) is 15.2. The number of benzene rings is 1. The van der Waals surface area contributed by atoms with Crippen molar-refractivity contribution < 1.29 is 4.39 Å². The van der Waals surface area contributed by atoms with Crippen molar-refractivity contribution in [3.05, 3.63) is 77.1 Å². The van der Waals surface area contributed by atoms with Gasteiger partial charge < -0.3 is 0 Å². The van der Waals surface area contributed by atoms with Crippen LogP contribution in [0.2, 0.25) is 0 Å². The standard InChI is InChI=1S/C18H18FNS/c1-4-6-10-16(19)14(5-2)18-15-9-7-8-11-17(15)21-12-13(3)20-18/h5-12H,2,4H2,1,3H3/b10-6-,16-14-. The molecule has 1 aromatic rings. The Balaban J connectivity index is 2.62. The van der Waals surface area contributed by atoms with Crippen LogP contribution >= 0.6 is 11.8 Å². The highest BCUT2D eigenvalue weighted by Crippen LogP contribution is 2.32. The van der Waals surface area contributed by atoms with Crippen molar-refractivity contribution in [1.82, 2.24) is 0 Å². The van der Waals surface area contributed by atoms with E-state index in [2.05, 4.69) is 11.6 Å². The maximum atomic E-state index is 14.4. The number of halogens is 1. The van der Waals surface area contributed by atoms with E-state index in [4.69, 9.17) is 0 Å². The number of thioether (sulfide) groups is 1. The molecule has 0 radical (unpaired) electrons. The molecule has 1 aromatic carbocycles. The van der Waals surface area contributed by atoms with Crippen LogP contribution < -0.4 is 0 Å². The molecule has 1 aliphatic rings. The Morgan fingerprint density at radius 1 is 1.38 bits per heavy atom. The summed E-state index contributed by atoms with van der Waals surface area (Å²) < 4.78 is 14.4. The summed E-state index contributed by atoms with van der Waals surface area (Å²) in [7, 11) is 0. The van der Waals surface area contributed by atoms with Crippen LogP contribution in [0.4, 0.5) is 4.39 Å². The molecule has 1 nitrogen and oxygen atoms in total. The van der Waals surface area contributed by atoms with Gasteiger partial charge in [0.25, 0.3) is 0 Å². The molecule has 0 saturated carbocycles. The van der Waals surface area contributed by atoms with Gasteiger partial charge in [-0.3, -0.25) is 4.99 Å². The van der Waals surface area contributed by atoms with E-state index in [1.165, 1.54) is 12.2 Å². The number of nitrogens with zero attached hydrogens (tertiary/aromatic N) is 1. The second kappa shape index (κ2) is 7.23. The summed E-state index contributed by atoms with van der Waals surface area (Å²) in [5.41, 5.74) is 2.86. The highest BCUT2D eigenvalue weighted by Gasteiger charge is 2.17. The maximum Gasteiger partial charge on any atom is 0.132 e. The fourth-order valence-corrected chi connectivity index (χ4v) is 2.80. The number of hydrogen-bond donors (Lipinski definition) is 0. The normalized spacial score (nSPS) is 15.8. The summed E-state index contributed by atoms with van der Waals surface area (Å²) in [6, 6.07) is 7.90. The highest BCUT2D eigenvalue weighted by atomic mass is 32.2. The molecule has 0 N–H and O–H groups in total. The third kappa shape index (κ3) is 3.61. The zero-order valence-electron chi connectivity index (χ0n) is 12.3. The summed E-state index contributed by atoms with van der Waals surface area (Å²) in [6.45, 7) is 7.64. The average Bonchev–Trinajstić information content (AvgIpc) is 2.66. The lowest BCUT2D eigenvalue weighted by atomic mass is 10.0. The number of rotatable bonds is 4. The van der Waals surface area contributed by atoms with Crippen LogP contribution in [0.25, 0.3) is 0 Å². The Bertz CT molecular complexity index is 666. The molecule has 0 bridgehead atoms. The van der Waals surface area contributed by atoms with E-state index in [0.29, 0.717) is 11.3 Å². The Hall–Kier alpha value is -1.87. The van der Waals surface area contributed by atoms with Crippen molar-refractivity contribution in [2.75, 3.05) is 0 Å². The van der Waals surface area contributed by atoms with Crippen LogP contribution in [0.3, 0.4) is 0 Å². The summed E-state index contributed by atoms with van der Waals surface area (Å²) >= 11 is 1.60. The molecule has 0 amide bonds. The van der Waals surface area contributed by atoms with Crippen molar-refractivity contribution in [3.8, 4) is 0 Å². The van der Waals surface area contributed by atoms with Crippen molar-refractivity contribution >= 4 is 17.5 Å². The molecule has 0 saturated heterocycles. The third-order valence-electron chi connectivity index (χ3n) is 3.00. The van der Waals surface area contributed by atoms with Gasteiger partial charge in [0.2, 0.25) is 0 Å². The lowest BCUT2D eigenvalue weighted by molar-refractivity contribution is 0.662. The molecule has 21 heavy (non-hydrogen) atoms. The van der Waals surface area contributed by atoms with Crippen LogP contribution in [-0.2, 0) is 0 Å². The van der Waals surface area contributed by atoms with Gasteiger partial charge in [0.05, 0.1) is 5.71 Å². The monoisotopic (exact) mass is 299 g/mol. The van der Waals surface area contributed by atoms with E-state index >= 15 is 0 Å². The minimum Gasteiger partial charge on any atom is -0.252 e. The first-order valence-corrected chi connectivity index (χ1v) is 7.76. The Labute approximate surface area is 129 Å². The van der Waals surface area contributed by atoms with Gasteiger partial charge >= 0.3 is 0 Å². The number of fused-ring (bicyclic) bond motifs is 1. The van der Waals surface area contributed by atoms with Gasteiger partial charge in [-0.05, 0) is 30.9 Å². The summed E-state index contributed by atoms with van der Waals surface area (Å²) in [5, 5.41) is 1.98. The van der Waals surface area contributed by atoms with Gasteiger partial charge in [-0.25, -0.2) is 4.39 Å². The molecule has 0 aromatic heterocycles. The van der Waals surface area contributed by atoms with Gasteiger partial charge in [0.1, 0.15) is 5.83 Å². The first-order valence-electron chi connectivity index (χ1n) is 6.88. The topological polar surface area (TPSA) is 12.4 Å². The molecule has 0 fully saturated rings. The van der Waals surface area contributed by atoms with Crippen LogP contribution in [0.15, 0.2) is 81.5 Å². The lowest BCUT2D eigenvalue weighted by Crippen LogP contribution is -2.06. The second-order valence-electron chi connectivity index (χ2n) is 4.61. The summed E-state index contributed by atoms with van der Waals surface area (Å²) in [4.78, 5) is 5.64. The van der Waals surface area contributed by atoms with Crippen LogP contribution in [-0.4, -0.2) is 5.71 Å². The number of aliphatic imine (C=N–C) groups is 1. The predicted octanol–water partition coefficient (Wildman–Crippen LogP) is 5.82. The molecule has 2 rings (SSSR count). The van der Waals surface area contributed by atoms with E-state index in [1.54, 1.807) is 17.8 Å². The molecule has 0 atom stereocenters. The minimum atomic E-state index is -0.305. The smallest absolute Gasteiger partial charge is 0.132 e. The van der Waals surface area contributed by atoms with Crippen molar-refractivity contribution in [2.45, 2.75) is 25.2 Å². The van der Waals surface area contributed by atoms with E-state index in [0.717, 1.165) is 22.6 Å². The number of allylic oxidation sites excluding steroid dienone is 6. The Morgan fingerprint density at radius 3 is 2.86 bits per heavy atom. The van der Waals surface area contributed by atoms with Crippen LogP contribution in [0, 0.1) is 0 Å². The third-order valence-corrected chi connectivity index (χ3v) is 4.07. The quantitative estimate of drug-likeness (QED) is 0.638. The van der Waals surface area contributed by atoms with Crippen molar-refractivity contribution in [2.24, 2.45) is 4.99 Å². The van der Waals surface area contributed by atoms with Gasteiger partial charge in [-0.1, -0.05) is 55.6 Å². The van der Waals surface area contributed by atoms with Crippen LogP contribution in [0.5, 0.6) is 0 Å². The number of hydrogen-bond acceptors (Lipinski definition) is 2. The predicted molar refractivity (Wildman–Crippen MR) is 90.4 cm³/mol. The fraction of sp³-hybridized carbons (Fsp3) is 0.167. The molecule has 3 heteroatoms. The van der Waals surface area contributed by atoms with E-state index < -0.39 is 0 Å². The van der Waals surface area contributed by atoms with E-state index in [-0.39, 0.29) is 5.83 Å². The van der Waals surface area contributed by atoms with Gasteiger partial charge in [0, 0.05) is 21.7 Å². The van der Waals surface area contributed by atoms with Gasteiger partial charge in [0.15, 0.2) is 0 Å². The molecular formula is C18H18FNS. The molecular weight excluding hydrogens is 281 g/mol. The Morgan fingerprint density at radius 2 is 2.14 bits per heavy atom. The highest BCUT2D eigenvalue weighted by molar-refractivity contribution is 8.02. The van der Waals surface area contributed by atoms with Crippen molar-refractivity contribution in [3.63, 3.8) is 0 Å². The molecule has 1 aliphatic heterocycles. The van der Waals surface area contributed by atoms with Crippen molar-refractivity contribution in [1.29, 1.82) is 0 Å². The lowest BCUT2D eigenvalue weighted by Gasteiger charge is -2.10. The zero-order valence-corrected chi connectivity index (χ0v) is 13.1. The molecule has 108 valence electrons. The van der Waals surface area contributed by atoms with Gasteiger partial charge in [-0.2, -0.15) is 0 Å². The second-order valence-corrected chi connectivity index (χ2v) is 5.52. The maximum absolute atomic E-state index is 14.4. The minimum absolute atomic E-state index is 0.305. The Kier molecular flexibility index (Phi) is 5.34. The molecule has 0 spiro atoms. The largest absolute Gasteiger partial charge is 0.252 e. The summed E-state index contributed by atoms with van der Waals surface area (Å²) in [5.74, 6) is -0.305. The molecule has 0 unspecified atom stereocenters. The summed E-state index contributed by atoms with van der Waals surface area (Å²) in [6.07, 6.45) is 5.60. The first-order chi connectivity index (χ1) is 10.2. The molecule has 0 aliphatic carbocycles. The fourth-order valence-electron chi connectivity index (χ4n) is 2.00. The SMILES string of the molecule is C=C/C(C1=NC(C)=CSc2ccccc21)=C(F)\C=C/CC. The van der Waals surface area contributed by atoms with Crippen LogP contribution in [0.1, 0.15) is 25.8 Å². The first kappa shape index (κ1) is 15.5.